The summed E-state index contributed by atoms with van der Waals surface area (Å²) < 4.78 is 27.2. The highest BCUT2D eigenvalue weighted by atomic mass is 32.2. The van der Waals surface area contributed by atoms with E-state index >= 15 is 0 Å². The lowest BCUT2D eigenvalue weighted by Crippen LogP contribution is -2.42. The fraction of sp³-hybridized carbons (Fsp3) is 1.00. The van der Waals surface area contributed by atoms with Crippen LogP contribution in [-0.4, -0.2) is 27.5 Å². The lowest BCUT2D eigenvalue weighted by molar-refractivity contribution is 0.528. The minimum absolute atomic E-state index is 0.0920. The fourth-order valence-corrected chi connectivity index (χ4v) is 1.90. The molecule has 4 N–H and O–H groups in total. The number of nitrogens with one attached hydrogen (secondary N) is 2. The Balaban J connectivity index is 3.90. The highest BCUT2D eigenvalue weighted by Gasteiger charge is 2.11. The zero-order valence-electron chi connectivity index (χ0n) is 8.37. The molecule has 0 radical (unpaired) electrons. The molecule has 1 atom stereocenters. The van der Waals surface area contributed by atoms with Crippen LogP contribution < -0.4 is 15.2 Å². The number of hydrogen-bond donors (Lipinski definition) is 3. The molecular weight excluding hydrogens is 190 g/mol. The van der Waals surface area contributed by atoms with E-state index in [2.05, 4.69) is 9.44 Å². The molecule has 0 heterocycles. The maximum atomic E-state index is 11.2. The van der Waals surface area contributed by atoms with Gasteiger partial charge in [0.1, 0.15) is 0 Å². The van der Waals surface area contributed by atoms with E-state index in [0.717, 1.165) is 0 Å². The molecule has 0 aromatic carbocycles. The average Bonchev–Trinajstić information content (AvgIpc) is 1.98. The van der Waals surface area contributed by atoms with Crippen molar-refractivity contribution in [2.24, 2.45) is 11.7 Å². The van der Waals surface area contributed by atoms with Gasteiger partial charge in [-0.2, -0.15) is 13.1 Å². The predicted molar refractivity (Wildman–Crippen MR) is 53.4 cm³/mol. The van der Waals surface area contributed by atoms with E-state index in [4.69, 9.17) is 5.73 Å². The Kier molecular flexibility index (Phi) is 5.46. The van der Waals surface area contributed by atoms with E-state index in [0.29, 0.717) is 13.1 Å². The van der Waals surface area contributed by atoms with Crippen molar-refractivity contribution < 1.29 is 8.42 Å². The largest absolute Gasteiger partial charge is 0.330 e. The van der Waals surface area contributed by atoms with Gasteiger partial charge in [-0.15, -0.1) is 0 Å². The molecular formula is C7H19N3O2S. The van der Waals surface area contributed by atoms with Gasteiger partial charge in [-0.05, 0) is 26.3 Å². The molecule has 0 aromatic rings. The highest BCUT2D eigenvalue weighted by molar-refractivity contribution is 7.87. The van der Waals surface area contributed by atoms with Crippen LogP contribution in [0.2, 0.25) is 0 Å². The Bertz CT molecular complexity index is 226. The van der Waals surface area contributed by atoms with Crippen molar-refractivity contribution in [3.63, 3.8) is 0 Å². The van der Waals surface area contributed by atoms with Crippen molar-refractivity contribution >= 4 is 10.2 Å². The number of nitrogens with two attached hydrogens (primary N) is 1. The zero-order valence-corrected chi connectivity index (χ0v) is 9.19. The number of rotatable bonds is 6. The van der Waals surface area contributed by atoms with Gasteiger partial charge in [0.15, 0.2) is 0 Å². The van der Waals surface area contributed by atoms with Gasteiger partial charge in [0.2, 0.25) is 0 Å². The van der Waals surface area contributed by atoms with Crippen LogP contribution in [0.3, 0.4) is 0 Å². The first-order valence-electron chi connectivity index (χ1n) is 4.34. The molecule has 0 aliphatic heterocycles. The van der Waals surface area contributed by atoms with Crippen molar-refractivity contribution in [2.75, 3.05) is 13.1 Å². The molecule has 6 heteroatoms. The van der Waals surface area contributed by atoms with Crippen LogP contribution in [0.1, 0.15) is 20.8 Å². The normalized spacial score (nSPS) is 14.8. The molecule has 0 aromatic heterocycles. The summed E-state index contributed by atoms with van der Waals surface area (Å²) in [6, 6.07) is -0.0920. The topological polar surface area (TPSA) is 84.2 Å². The van der Waals surface area contributed by atoms with Crippen LogP contribution in [0, 0.1) is 5.92 Å². The summed E-state index contributed by atoms with van der Waals surface area (Å²) in [4.78, 5) is 0. The second-order valence-electron chi connectivity index (χ2n) is 3.47. The first-order chi connectivity index (χ1) is 5.87. The second-order valence-corrected chi connectivity index (χ2v) is 5.00. The average molecular weight is 209 g/mol. The van der Waals surface area contributed by atoms with Crippen molar-refractivity contribution in [2.45, 2.75) is 26.8 Å². The molecule has 0 rings (SSSR count). The van der Waals surface area contributed by atoms with E-state index in [1.54, 1.807) is 13.8 Å². The summed E-state index contributed by atoms with van der Waals surface area (Å²) >= 11 is 0. The monoisotopic (exact) mass is 209 g/mol. The molecule has 0 aliphatic carbocycles. The van der Waals surface area contributed by atoms with Gasteiger partial charge in [-0.3, -0.25) is 0 Å². The van der Waals surface area contributed by atoms with E-state index < -0.39 is 10.2 Å². The Hall–Kier alpha value is -0.170. The quantitative estimate of drug-likeness (QED) is 0.547. The van der Waals surface area contributed by atoms with E-state index in [-0.39, 0.29) is 12.0 Å². The van der Waals surface area contributed by atoms with Gasteiger partial charge in [0.05, 0.1) is 0 Å². The Morgan fingerprint density at radius 3 is 2.23 bits per heavy atom. The summed E-state index contributed by atoms with van der Waals surface area (Å²) in [5, 5.41) is 0. The van der Waals surface area contributed by atoms with Crippen LogP contribution in [0.15, 0.2) is 0 Å². The summed E-state index contributed by atoms with van der Waals surface area (Å²) in [7, 11) is -3.34. The van der Waals surface area contributed by atoms with Crippen LogP contribution >= 0.6 is 0 Å². The summed E-state index contributed by atoms with van der Waals surface area (Å²) in [6.45, 7) is 6.28. The molecule has 0 saturated heterocycles. The van der Waals surface area contributed by atoms with Gasteiger partial charge in [-0.1, -0.05) is 6.92 Å². The van der Waals surface area contributed by atoms with Gasteiger partial charge in [0.25, 0.3) is 10.2 Å². The van der Waals surface area contributed by atoms with Gasteiger partial charge in [0, 0.05) is 12.6 Å². The molecule has 0 fully saturated rings. The Morgan fingerprint density at radius 1 is 1.31 bits per heavy atom. The lowest BCUT2D eigenvalue weighted by Gasteiger charge is -2.13. The van der Waals surface area contributed by atoms with E-state index in [1.807, 2.05) is 6.92 Å². The van der Waals surface area contributed by atoms with Crippen molar-refractivity contribution in [3.05, 3.63) is 0 Å². The molecule has 13 heavy (non-hydrogen) atoms. The minimum atomic E-state index is -3.34. The molecule has 0 bridgehead atoms. The molecule has 5 nitrogen and oxygen atoms in total. The van der Waals surface area contributed by atoms with Crippen molar-refractivity contribution in [3.8, 4) is 0 Å². The third-order valence-electron chi connectivity index (χ3n) is 1.42. The zero-order chi connectivity index (χ0) is 10.5. The first-order valence-corrected chi connectivity index (χ1v) is 5.82. The van der Waals surface area contributed by atoms with Gasteiger partial charge in [-0.25, -0.2) is 4.72 Å². The molecule has 1 unspecified atom stereocenters. The van der Waals surface area contributed by atoms with Crippen molar-refractivity contribution in [1.29, 1.82) is 0 Å². The summed E-state index contributed by atoms with van der Waals surface area (Å²) in [5.74, 6) is 0.156. The molecule has 80 valence electrons. The van der Waals surface area contributed by atoms with Gasteiger partial charge < -0.3 is 5.73 Å². The fourth-order valence-electron chi connectivity index (χ4n) is 0.687. The third-order valence-corrected chi connectivity index (χ3v) is 2.74. The van der Waals surface area contributed by atoms with Crippen molar-refractivity contribution in [1.82, 2.24) is 9.44 Å². The smallest absolute Gasteiger partial charge is 0.277 e. The predicted octanol–water partition coefficient (Wildman–Crippen LogP) is -0.586. The van der Waals surface area contributed by atoms with Crippen LogP contribution in [0.4, 0.5) is 0 Å². The number of hydrogen-bond acceptors (Lipinski definition) is 3. The summed E-state index contributed by atoms with van der Waals surface area (Å²) in [5.41, 5.74) is 5.35. The van der Waals surface area contributed by atoms with Gasteiger partial charge >= 0.3 is 0 Å². The van der Waals surface area contributed by atoms with Crippen LogP contribution in [-0.2, 0) is 10.2 Å². The van der Waals surface area contributed by atoms with Crippen LogP contribution in [0.25, 0.3) is 0 Å². The maximum absolute atomic E-state index is 11.2. The first kappa shape index (κ1) is 12.8. The lowest BCUT2D eigenvalue weighted by atomic mass is 10.2. The summed E-state index contributed by atoms with van der Waals surface area (Å²) in [6.07, 6.45) is 0. The second kappa shape index (κ2) is 5.54. The highest BCUT2D eigenvalue weighted by Crippen LogP contribution is 1.90. The van der Waals surface area contributed by atoms with Crippen LogP contribution in [0.5, 0.6) is 0 Å². The van der Waals surface area contributed by atoms with E-state index in [1.165, 1.54) is 0 Å². The Labute approximate surface area is 80.3 Å². The Morgan fingerprint density at radius 2 is 1.85 bits per heavy atom. The molecule has 0 amide bonds. The minimum Gasteiger partial charge on any atom is -0.330 e. The molecule has 0 spiro atoms. The van der Waals surface area contributed by atoms with E-state index in [9.17, 15) is 8.42 Å². The maximum Gasteiger partial charge on any atom is 0.277 e. The molecule has 0 aliphatic rings. The SMILES string of the molecule is CC(CN)CNS(=O)(=O)NC(C)C. The standard InChI is InChI=1S/C7H19N3O2S/c1-6(2)10-13(11,12)9-5-7(3)4-8/h6-7,9-10H,4-5,8H2,1-3H3. The third kappa shape index (κ3) is 6.94. The molecule has 0 saturated carbocycles.